The summed E-state index contributed by atoms with van der Waals surface area (Å²) in [5.74, 6) is 1.78. The maximum absolute atomic E-state index is 6.15. The molecule has 2 N–H and O–H groups in total. The molecule has 1 aromatic heterocycles. The zero-order chi connectivity index (χ0) is 22.2. The van der Waals surface area contributed by atoms with Gasteiger partial charge in [-0.25, -0.2) is 0 Å². The summed E-state index contributed by atoms with van der Waals surface area (Å²) in [5.41, 5.74) is 10.8. The van der Waals surface area contributed by atoms with Crippen molar-refractivity contribution in [1.82, 2.24) is 4.98 Å². The second kappa shape index (κ2) is 10.5. The van der Waals surface area contributed by atoms with E-state index in [1.165, 1.54) is 0 Å². The molecule has 5 heteroatoms. The molecule has 32 heavy (non-hydrogen) atoms. The summed E-state index contributed by atoms with van der Waals surface area (Å²) in [6.07, 6.45) is 0. The van der Waals surface area contributed by atoms with E-state index in [9.17, 15) is 0 Å². The Balaban J connectivity index is 1.63. The molecule has 4 rings (SSSR count). The highest BCUT2D eigenvalue weighted by Gasteiger charge is 2.13. The summed E-state index contributed by atoms with van der Waals surface area (Å²) in [7, 11) is 1.64. The van der Waals surface area contributed by atoms with Crippen molar-refractivity contribution in [2.45, 2.75) is 19.8 Å². The molecule has 0 unspecified atom stereocenters. The van der Waals surface area contributed by atoms with Gasteiger partial charge >= 0.3 is 0 Å². The minimum atomic E-state index is 0.378. The first-order valence-corrected chi connectivity index (χ1v) is 10.5. The molecule has 0 atom stereocenters. The van der Waals surface area contributed by atoms with Gasteiger partial charge in [0.25, 0.3) is 0 Å². The summed E-state index contributed by atoms with van der Waals surface area (Å²) >= 11 is 0. The molecule has 3 aromatic carbocycles. The molecule has 0 aliphatic heterocycles. The van der Waals surface area contributed by atoms with Crippen LogP contribution in [0.1, 0.15) is 16.7 Å². The summed E-state index contributed by atoms with van der Waals surface area (Å²) in [4.78, 5) is 4.67. The first kappa shape index (κ1) is 21.4. The molecule has 0 saturated heterocycles. The average molecular weight is 427 g/mol. The highest BCUT2D eigenvalue weighted by atomic mass is 16.5. The number of benzene rings is 3. The Hall–Kier alpha value is -3.83. The maximum atomic E-state index is 6.15. The van der Waals surface area contributed by atoms with E-state index in [1.54, 1.807) is 7.11 Å². The van der Waals surface area contributed by atoms with Crippen molar-refractivity contribution in [2.24, 2.45) is 5.73 Å². The van der Waals surface area contributed by atoms with Gasteiger partial charge in [0.15, 0.2) is 0 Å². The van der Waals surface area contributed by atoms with Gasteiger partial charge < -0.3 is 19.9 Å². The van der Waals surface area contributed by atoms with Crippen molar-refractivity contribution in [3.8, 4) is 28.6 Å². The Bertz CT molecular complexity index is 1150. The van der Waals surface area contributed by atoms with E-state index in [4.69, 9.17) is 19.9 Å². The van der Waals surface area contributed by atoms with Gasteiger partial charge in [0.05, 0.1) is 7.11 Å². The lowest BCUT2D eigenvalue weighted by Gasteiger charge is -2.15. The summed E-state index contributed by atoms with van der Waals surface area (Å²) < 4.78 is 17.5. The van der Waals surface area contributed by atoms with Gasteiger partial charge in [0, 0.05) is 23.7 Å². The third-order valence-electron chi connectivity index (χ3n) is 5.09. The van der Waals surface area contributed by atoms with Crippen LogP contribution in [-0.2, 0) is 19.8 Å². The van der Waals surface area contributed by atoms with Gasteiger partial charge in [-0.1, -0.05) is 66.7 Å². The summed E-state index contributed by atoms with van der Waals surface area (Å²) in [6.45, 7) is 1.22. The highest BCUT2D eigenvalue weighted by Crippen LogP contribution is 2.34. The number of methoxy groups -OCH3 is 1. The van der Waals surface area contributed by atoms with Gasteiger partial charge in [-0.05, 0) is 34.9 Å². The van der Waals surface area contributed by atoms with E-state index >= 15 is 0 Å². The number of aromatic nitrogens is 1. The molecule has 0 radical (unpaired) electrons. The molecule has 0 bridgehead atoms. The molecule has 0 aliphatic carbocycles. The Morgan fingerprint density at radius 1 is 0.750 bits per heavy atom. The van der Waals surface area contributed by atoms with E-state index in [0.29, 0.717) is 31.5 Å². The lowest BCUT2D eigenvalue weighted by atomic mass is 10.0. The number of hydrogen-bond donors (Lipinski definition) is 1. The normalized spacial score (nSPS) is 10.6. The largest absolute Gasteiger partial charge is 0.496 e. The van der Waals surface area contributed by atoms with Crippen molar-refractivity contribution in [2.75, 3.05) is 7.11 Å². The van der Waals surface area contributed by atoms with Crippen LogP contribution in [0.25, 0.3) is 11.1 Å². The number of nitrogens with two attached hydrogens (primary N) is 1. The van der Waals surface area contributed by atoms with Crippen LogP contribution < -0.4 is 19.9 Å². The molecule has 1 heterocycles. The minimum Gasteiger partial charge on any atom is -0.496 e. The molecule has 4 aromatic rings. The first-order valence-electron chi connectivity index (χ1n) is 10.5. The topological polar surface area (TPSA) is 66.6 Å². The van der Waals surface area contributed by atoms with E-state index in [0.717, 1.165) is 33.6 Å². The second-order valence-electron chi connectivity index (χ2n) is 7.28. The fourth-order valence-electron chi connectivity index (χ4n) is 3.40. The van der Waals surface area contributed by atoms with Crippen molar-refractivity contribution in [1.29, 1.82) is 0 Å². The number of nitrogens with zero attached hydrogens (tertiary/aromatic N) is 1. The SMILES string of the molecule is COc1ccc(-c2ccc(OCc3ccccc3)nc2OCc2ccccc2)cc1CN. The molecule has 0 amide bonds. The van der Waals surface area contributed by atoms with Crippen molar-refractivity contribution in [3.63, 3.8) is 0 Å². The van der Waals surface area contributed by atoms with E-state index in [-0.39, 0.29) is 0 Å². The van der Waals surface area contributed by atoms with Crippen molar-refractivity contribution < 1.29 is 14.2 Å². The number of rotatable bonds is 9. The van der Waals surface area contributed by atoms with Crippen LogP contribution in [0.2, 0.25) is 0 Å². The molecule has 5 nitrogen and oxygen atoms in total. The standard InChI is InChI=1S/C27H26N2O3/c1-30-25-14-12-22(16-23(25)17-28)24-13-15-26(31-18-20-8-4-2-5-9-20)29-27(24)32-19-21-10-6-3-7-11-21/h2-16H,17-19,28H2,1H3. The number of pyridine rings is 1. The van der Waals surface area contributed by atoms with Gasteiger partial charge in [-0.3, -0.25) is 0 Å². The molecule has 0 saturated carbocycles. The molecular weight excluding hydrogens is 400 g/mol. The van der Waals surface area contributed by atoms with Crippen LogP contribution in [0.5, 0.6) is 17.5 Å². The Labute approximate surface area is 188 Å². The zero-order valence-electron chi connectivity index (χ0n) is 18.0. The molecule has 0 aliphatic rings. The van der Waals surface area contributed by atoms with Crippen LogP contribution in [0.4, 0.5) is 0 Å². The van der Waals surface area contributed by atoms with E-state index in [1.807, 2.05) is 91.0 Å². The fraction of sp³-hybridized carbons (Fsp3) is 0.148. The van der Waals surface area contributed by atoms with Crippen LogP contribution in [0, 0.1) is 0 Å². The number of ether oxygens (including phenoxy) is 3. The van der Waals surface area contributed by atoms with Crippen molar-refractivity contribution >= 4 is 0 Å². The van der Waals surface area contributed by atoms with E-state index in [2.05, 4.69) is 4.98 Å². The summed E-state index contributed by atoms with van der Waals surface area (Å²) in [5, 5.41) is 0. The highest BCUT2D eigenvalue weighted by molar-refractivity contribution is 5.70. The van der Waals surface area contributed by atoms with E-state index < -0.39 is 0 Å². The van der Waals surface area contributed by atoms with Crippen molar-refractivity contribution in [3.05, 3.63) is 108 Å². The smallest absolute Gasteiger partial charge is 0.225 e. The predicted octanol–water partition coefficient (Wildman–Crippen LogP) is 5.37. The van der Waals surface area contributed by atoms with Gasteiger partial charge in [0.1, 0.15) is 19.0 Å². The molecule has 0 fully saturated rings. The Morgan fingerprint density at radius 2 is 1.41 bits per heavy atom. The predicted molar refractivity (Wildman–Crippen MR) is 126 cm³/mol. The van der Waals surface area contributed by atoms with Crippen LogP contribution in [0.3, 0.4) is 0 Å². The zero-order valence-corrected chi connectivity index (χ0v) is 18.0. The Morgan fingerprint density at radius 3 is 2.03 bits per heavy atom. The van der Waals surface area contributed by atoms with Crippen LogP contribution in [-0.4, -0.2) is 12.1 Å². The van der Waals surface area contributed by atoms with Crippen LogP contribution in [0.15, 0.2) is 91.0 Å². The summed E-state index contributed by atoms with van der Waals surface area (Å²) in [6, 6.07) is 29.7. The molecule has 0 spiro atoms. The van der Waals surface area contributed by atoms with Gasteiger partial charge in [0.2, 0.25) is 11.8 Å². The van der Waals surface area contributed by atoms with Crippen LogP contribution >= 0.6 is 0 Å². The Kier molecular flexibility index (Phi) is 7.00. The monoisotopic (exact) mass is 426 g/mol. The lowest BCUT2D eigenvalue weighted by Crippen LogP contribution is -2.03. The molecular formula is C27H26N2O3. The fourth-order valence-corrected chi connectivity index (χ4v) is 3.40. The quantitative estimate of drug-likeness (QED) is 0.390. The van der Waals surface area contributed by atoms with Gasteiger partial charge in [-0.15, -0.1) is 0 Å². The third-order valence-corrected chi connectivity index (χ3v) is 5.09. The molecule has 162 valence electrons. The van der Waals surface area contributed by atoms with Gasteiger partial charge in [-0.2, -0.15) is 4.98 Å². The maximum Gasteiger partial charge on any atom is 0.225 e. The first-order chi connectivity index (χ1) is 15.8. The minimum absolute atomic E-state index is 0.378. The average Bonchev–Trinajstić information content (AvgIpc) is 2.87. The third kappa shape index (κ3) is 5.25. The second-order valence-corrected chi connectivity index (χ2v) is 7.28. The number of hydrogen-bond acceptors (Lipinski definition) is 5. The lowest BCUT2D eigenvalue weighted by molar-refractivity contribution is 0.268.